The normalized spacial score (nSPS) is 12.7. The van der Waals surface area contributed by atoms with Crippen molar-refractivity contribution in [1.82, 2.24) is 0 Å². The lowest BCUT2D eigenvalue weighted by Gasteiger charge is -2.12. The predicted molar refractivity (Wildman–Crippen MR) is 171 cm³/mol. The largest absolute Gasteiger partial charge is 0.457 e. The summed E-state index contributed by atoms with van der Waals surface area (Å²) in [5.74, 6) is 1.42. The summed E-state index contributed by atoms with van der Waals surface area (Å²) in [5, 5.41) is 6.14. The fourth-order valence-corrected chi connectivity index (χ4v) is 5.04. The third-order valence-corrected chi connectivity index (χ3v) is 7.65. The Kier molecular flexibility index (Phi) is 10.8. The van der Waals surface area contributed by atoms with Crippen molar-refractivity contribution in [1.29, 1.82) is 0 Å². The van der Waals surface area contributed by atoms with Gasteiger partial charge in [-0.1, -0.05) is 58.8 Å². The van der Waals surface area contributed by atoms with Crippen LogP contribution in [0.15, 0.2) is 149 Å². The van der Waals surface area contributed by atoms with E-state index in [9.17, 15) is 34.8 Å². The Morgan fingerprint density at radius 2 is 0.980 bits per heavy atom. The Labute approximate surface area is 281 Å². The molecule has 15 heteroatoms. The summed E-state index contributed by atoms with van der Waals surface area (Å²) in [6, 6.07) is 30.9. The second-order valence-corrected chi connectivity index (χ2v) is 11.7. The molecule has 0 saturated heterocycles. The average molecular weight is 715 g/mol. The molecule has 8 nitrogen and oxygen atoms in total. The van der Waals surface area contributed by atoms with E-state index in [1.165, 1.54) is 36.4 Å². The molecule has 5 aromatic carbocycles. The molecule has 0 saturated carbocycles. The van der Waals surface area contributed by atoms with Gasteiger partial charge in [0.25, 0.3) is 0 Å². The fourth-order valence-electron chi connectivity index (χ4n) is 4.24. The Hall–Kier alpha value is -5.83. The second-order valence-electron chi connectivity index (χ2n) is 10.2. The molecule has 0 bridgehead atoms. The summed E-state index contributed by atoms with van der Waals surface area (Å²) >= 11 is 0. The molecule has 0 fully saturated rings. The van der Waals surface area contributed by atoms with E-state index >= 15 is 0 Å². The van der Waals surface area contributed by atoms with Crippen LogP contribution in [0, 0.1) is 0 Å². The Bertz CT molecular complexity index is 2050. The van der Waals surface area contributed by atoms with Crippen LogP contribution in [0.25, 0.3) is 0 Å². The first kappa shape index (κ1) is 35.5. The van der Waals surface area contributed by atoms with Crippen LogP contribution in [0.1, 0.15) is 16.7 Å². The van der Waals surface area contributed by atoms with Crippen molar-refractivity contribution in [3.8, 4) is 23.0 Å². The van der Waals surface area contributed by atoms with E-state index in [0.717, 1.165) is 36.4 Å². The number of para-hydroxylation sites is 2. The quantitative estimate of drug-likeness (QED) is 0.0726. The van der Waals surface area contributed by atoms with E-state index in [1.807, 2.05) is 0 Å². The van der Waals surface area contributed by atoms with Crippen molar-refractivity contribution in [2.45, 2.75) is 23.9 Å². The van der Waals surface area contributed by atoms with Crippen LogP contribution in [0.4, 0.5) is 26.3 Å². The monoisotopic (exact) mass is 714 g/mol. The van der Waals surface area contributed by atoms with Crippen LogP contribution >= 0.6 is 0 Å². The highest BCUT2D eigenvalue weighted by molar-refractivity contribution is 7.86. The molecule has 50 heavy (non-hydrogen) atoms. The number of alkyl halides is 6. The molecule has 0 aromatic heterocycles. The van der Waals surface area contributed by atoms with Crippen LogP contribution in [0.2, 0.25) is 0 Å². The zero-order chi connectivity index (χ0) is 35.8. The standard InChI is InChI=1S/C35H24F6N2O6S/c36-34(37,38)32(25-14-18-29(19-15-25)47-27-9-3-1-4-10-27)42-46-23-24-8-7-13-31(22-24)50(44,45)49-43-33(35(39,40)41)26-16-20-30(21-17-26)48-28-11-5-2-6-12-28/h1-22H,23H2/b42-32+,43-33+. The number of oxime groups is 2. The number of ether oxygens (including phenoxy) is 2. The highest BCUT2D eigenvalue weighted by atomic mass is 32.2. The molecule has 0 aliphatic heterocycles. The zero-order valence-electron chi connectivity index (χ0n) is 25.4. The van der Waals surface area contributed by atoms with Gasteiger partial charge in [-0.2, -0.15) is 34.8 Å². The minimum Gasteiger partial charge on any atom is -0.457 e. The third kappa shape index (κ3) is 9.63. The fraction of sp³-hybridized carbons (Fsp3) is 0.0857. The molecule has 0 aliphatic rings. The van der Waals surface area contributed by atoms with Crippen LogP contribution in [0.5, 0.6) is 23.0 Å². The molecule has 5 aromatic rings. The number of hydrogen-bond donors (Lipinski definition) is 0. The Morgan fingerprint density at radius 1 is 0.540 bits per heavy atom. The molecular formula is C35H24F6N2O6S. The lowest BCUT2D eigenvalue weighted by Crippen LogP contribution is -2.25. The van der Waals surface area contributed by atoms with Gasteiger partial charge in [-0.15, -0.1) is 0 Å². The molecule has 0 radical (unpaired) electrons. The van der Waals surface area contributed by atoms with E-state index in [2.05, 4.69) is 14.6 Å². The maximum absolute atomic E-state index is 13.9. The summed E-state index contributed by atoms with van der Waals surface area (Å²) in [6.45, 7) is -0.632. The van der Waals surface area contributed by atoms with Crippen LogP contribution in [0.3, 0.4) is 0 Å². The van der Waals surface area contributed by atoms with Crippen LogP contribution < -0.4 is 9.47 Å². The van der Waals surface area contributed by atoms with Gasteiger partial charge in [0.1, 0.15) is 34.5 Å². The van der Waals surface area contributed by atoms with Gasteiger partial charge in [-0.3, -0.25) is 4.28 Å². The maximum atomic E-state index is 13.9. The molecule has 0 unspecified atom stereocenters. The highest BCUT2D eigenvalue weighted by Crippen LogP contribution is 2.29. The van der Waals surface area contributed by atoms with Gasteiger partial charge >= 0.3 is 22.5 Å². The summed E-state index contributed by atoms with van der Waals surface area (Å²) in [5.41, 5.74) is -3.84. The first-order valence-electron chi connectivity index (χ1n) is 14.4. The van der Waals surface area contributed by atoms with Crippen molar-refractivity contribution >= 4 is 21.5 Å². The van der Waals surface area contributed by atoms with Gasteiger partial charge in [0.15, 0.2) is 11.4 Å². The Morgan fingerprint density at radius 3 is 1.44 bits per heavy atom. The van der Waals surface area contributed by atoms with Gasteiger partial charge in [0.05, 0.1) is 0 Å². The number of benzene rings is 5. The molecule has 0 N–H and O–H groups in total. The number of halogens is 6. The molecule has 0 heterocycles. The second kappa shape index (κ2) is 15.2. The third-order valence-electron chi connectivity index (χ3n) is 6.55. The van der Waals surface area contributed by atoms with Gasteiger partial charge in [-0.05, 0) is 90.5 Å². The summed E-state index contributed by atoms with van der Waals surface area (Å²) in [4.78, 5) is 4.28. The topological polar surface area (TPSA) is 95.8 Å². The summed E-state index contributed by atoms with van der Waals surface area (Å²) in [7, 11) is -4.92. The summed E-state index contributed by atoms with van der Waals surface area (Å²) in [6.07, 6.45) is -10.0. The average Bonchev–Trinajstić information content (AvgIpc) is 3.08. The SMILES string of the molecule is O=S(=O)(O/N=C(\c1ccc(Oc2ccccc2)cc1)C(F)(F)F)c1cccc(CO/N=C(\c2ccc(Oc3ccccc3)cc2)C(F)(F)F)c1. The highest BCUT2D eigenvalue weighted by Gasteiger charge is 2.39. The molecular weight excluding hydrogens is 690 g/mol. The minimum atomic E-state index is -5.11. The van der Waals surface area contributed by atoms with Gasteiger partial charge in [0, 0.05) is 11.1 Å². The van der Waals surface area contributed by atoms with Crippen LogP contribution in [-0.4, -0.2) is 32.2 Å². The number of hydrogen-bond acceptors (Lipinski definition) is 8. The zero-order valence-corrected chi connectivity index (χ0v) is 26.2. The lowest BCUT2D eigenvalue weighted by atomic mass is 10.1. The Balaban J connectivity index is 1.27. The van der Waals surface area contributed by atoms with E-state index < -0.39 is 51.0 Å². The molecule has 0 spiro atoms. The smallest absolute Gasteiger partial charge is 0.437 e. The first-order chi connectivity index (χ1) is 23.8. The van der Waals surface area contributed by atoms with Crippen molar-refractivity contribution in [2.24, 2.45) is 10.3 Å². The van der Waals surface area contributed by atoms with E-state index in [-0.39, 0.29) is 22.6 Å². The molecule has 258 valence electrons. The maximum Gasteiger partial charge on any atom is 0.437 e. The number of nitrogens with zero attached hydrogens (tertiary/aromatic N) is 2. The predicted octanol–water partition coefficient (Wildman–Crippen LogP) is 9.43. The number of rotatable bonds is 12. The van der Waals surface area contributed by atoms with Gasteiger partial charge in [0.2, 0.25) is 0 Å². The lowest BCUT2D eigenvalue weighted by molar-refractivity contribution is -0.0621. The molecule has 0 amide bonds. The van der Waals surface area contributed by atoms with Gasteiger partial charge in [-0.25, -0.2) is 0 Å². The van der Waals surface area contributed by atoms with E-state index in [4.69, 9.17) is 14.3 Å². The van der Waals surface area contributed by atoms with Crippen LogP contribution in [-0.2, 0) is 25.8 Å². The van der Waals surface area contributed by atoms with Gasteiger partial charge < -0.3 is 14.3 Å². The molecule has 5 rings (SSSR count). The molecule has 0 aliphatic carbocycles. The van der Waals surface area contributed by atoms with E-state index in [1.54, 1.807) is 60.7 Å². The van der Waals surface area contributed by atoms with Crippen molar-refractivity contribution < 1.29 is 53.4 Å². The summed E-state index contributed by atoms with van der Waals surface area (Å²) < 4.78 is 124. The molecule has 0 atom stereocenters. The van der Waals surface area contributed by atoms with Crippen molar-refractivity contribution in [3.05, 3.63) is 150 Å². The van der Waals surface area contributed by atoms with E-state index in [0.29, 0.717) is 11.5 Å². The van der Waals surface area contributed by atoms with Crippen molar-refractivity contribution in [2.75, 3.05) is 0 Å². The minimum absolute atomic E-state index is 0.0144. The van der Waals surface area contributed by atoms with Crippen molar-refractivity contribution in [3.63, 3.8) is 0 Å². The first-order valence-corrected chi connectivity index (χ1v) is 15.8.